The fourth-order valence-corrected chi connectivity index (χ4v) is 2.74. The highest BCUT2D eigenvalue weighted by atomic mass is 16.5. The summed E-state index contributed by atoms with van der Waals surface area (Å²) in [7, 11) is 1.39. The minimum absolute atomic E-state index is 0.122. The molecule has 2 unspecified atom stereocenters. The van der Waals surface area contributed by atoms with Gasteiger partial charge in [0.25, 0.3) is 5.56 Å². The zero-order valence-corrected chi connectivity index (χ0v) is 13.3. The van der Waals surface area contributed by atoms with Crippen LogP contribution in [0.2, 0.25) is 0 Å². The summed E-state index contributed by atoms with van der Waals surface area (Å²) in [5.74, 6) is 0.115. The summed E-state index contributed by atoms with van der Waals surface area (Å²) in [6.07, 6.45) is 3.33. The number of esters is 1. The number of nitrogens with zero attached hydrogens (tertiary/aromatic N) is 3. The van der Waals surface area contributed by atoms with Gasteiger partial charge < -0.3 is 14.2 Å². The van der Waals surface area contributed by atoms with E-state index in [9.17, 15) is 9.59 Å². The number of anilines is 1. The van der Waals surface area contributed by atoms with Crippen LogP contribution >= 0.6 is 0 Å². The first-order valence-corrected chi connectivity index (χ1v) is 7.16. The van der Waals surface area contributed by atoms with Gasteiger partial charge in [-0.2, -0.15) is 0 Å². The minimum atomic E-state index is -0.304. The zero-order valence-electron chi connectivity index (χ0n) is 13.3. The predicted molar refractivity (Wildman–Crippen MR) is 80.4 cm³/mol. The van der Waals surface area contributed by atoms with Crippen molar-refractivity contribution in [1.82, 2.24) is 9.55 Å². The second-order valence-electron chi connectivity index (χ2n) is 6.61. The van der Waals surface area contributed by atoms with Gasteiger partial charge in [-0.25, -0.2) is 4.98 Å². The molecule has 2 rings (SSSR count). The monoisotopic (exact) mass is 293 g/mol. The van der Waals surface area contributed by atoms with Gasteiger partial charge >= 0.3 is 5.97 Å². The molecule has 1 fully saturated rings. The van der Waals surface area contributed by atoms with Crippen molar-refractivity contribution < 1.29 is 9.53 Å². The summed E-state index contributed by atoms with van der Waals surface area (Å²) in [6, 6.07) is 0. The van der Waals surface area contributed by atoms with Gasteiger partial charge in [0.15, 0.2) is 5.82 Å². The number of methoxy groups -OCH3 is 1. The van der Waals surface area contributed by atoms with Gasteiger partial charge in [0.2, 0.25) is 0 Å². The molecule has 6 nitrogen and oxygen atoms in total. The molecular weight excluding hydrogens is 270 g/mol. The van der Waals surface area contributed by atoms with E-state index in [1.54, 1.807) is 17.0 Å². The first-order valence-electron chi connectivity index (χ1n) is 7.16. The summed E-state index contributed by atoms with van der Waals surface area (Å²) >= 11 is 0. The van der Waals surface area contributed by atoms with Crippen LogP contribution in [0.4, 0.5) is 5.82 Å². The van der Waals surface area contributed by atoms with Crippen LogP contribution in [0.15, 0.2) is 17.2 Å². The molecule has 21 heavy (non-hydrogen) atoms. The van der Waals surface area contributed by atoms with Crippen LogP contribution in [-0.2, 0) is 15.1 Å². The third kappa shape index (κ3) is 2.94. The summed E-state index contributed by atoms with van der Waals surface area (Å²) < 4.78 is 6.50. The molecule has 1 aliphatic heterocycles. The number of aromatic nitrogens is 2. The summed E-state index contributed by atoms with van der Waals surface area (Å²) in [4.78, 5) is 30.5. The van der Waals surface area contributed by atoms with Crippen LogP contribution in [0, 0.1) is 11.8 Å². The maximum Gasteiger partial charge on any atom is 0.310 e. The summed E-state index contributed by atoms with van der Waals surface area (Å²) in [5, 5.41) is 0. The molecule has 6 heteroatoms. The van der Waals surface area contributed by atoms with E-state index in [0.717, 1.165) is 0 Å². The third-order valence-corrected chi connectivity index (χ3v) is 3.96. The average Bonchev–Trinajstić information content (AvgIpc) is 2.78. The number of hydrogen-bond acceptors (Lipinski definition) is 5. The molecule has 1 saturated heterocycles. The average molecular weight is 293 g/mol. The van der Waals surface area contributed by atoms with Crippen molar-refractivity contribution in [2.75, 3.05) is 25.1 Å². The first-order chi connectivity index (χ1) is 9.75. The Kier molecular flexibility index (Phi) is 4.07. The van der Waals surface area contributed by atoms with E-state index >= 15 is 0 Å². The Labute approximate surface area is 124 Å². The normalized spacial score (nSPS) is 22.4. The lowest BCUT2D eigenvalue weighted by molar-refractivity contribution is -0.145. The quantitative estimate of drug-likeness (QED) is 0.768. The molecule has 1 aromatic rings. The van der Waals surface area contributed by atoms with E-state index in [2.05, 4.69) is 4.98 Å². The molecule has 0 spiro atoms. The Morgan fingerprint density at radius 3 is 2.62 bits per heavy atom. The second kappa shape index (κ2) is 5.50. The maximum absolute atomic E-state index is 12.6. The third-order valence-electron chi connectivity index (χ3n) is 3.96. The van der Waals surface area contributed by atoms with E-state index in [4.69, 9.17) is 4.74 Å². The zero-order chi connectivity index (χ0) is 15.8. The number of carbonyl (C=O) groups excluding carboxylic acids is 1. The topological polar surface area (TPSA) is 64.4 Å². The van der Waals surface area contributed by atoms with E-state index in [0.29, 0.717) is 18.9 Å². The molecule has 0 saturated carbocycles. The fourth-order valence-electron chi connectivity index (χ4n) is 2.74. The predicted octanol–water partition coefficient (Wildman–Crippen LogP) is 1.24. The van der Waals surface area contributed by atoms with Crippen molar-refractivity contribution in [3.05, 3.63) is 22.7 Å². The largest absolute Gasteiger partial charge is 0.469 e. The molecule has 0 aromatic carbocycles. The highest BCUT2D eigenvalue weighted by molar-refractivity contribution is 5.74. The molecule has 0 aliphatic carbocycles. The molecule has 2 heterocycles. The standard InChI is InChI=1S/C15H23N3O3/c1-10-8-17(9-11(10)14(20)21-5)12-13(19)18(7-6-16-12)15(2,3)4/h6-7,10-11H,8-9H2,1-5H3. The van der Waals surface area contributed by atoms with Gasteiger partial charge in [-0.1, -0.05) is 6.92 Å². The highest BCUT2D eigenvalue weighted by Crippen LogP contribution is 2.26. The Bertz CT molecular complexity index is 589. The number of rotatable bonds is 2. The van der Waals surface area contributed by atoms with Crippen molar-refractivity contribution in [1.29, 1.82) is 0 Å². The lowest BCUT2D eigenvalue weighted by atomic mass is 9.99. The Morgan fingerprint density at radius 1 is 1.38 bits per heavy atom. The first kappa shape index (κ1) is 15.5. The van der Waals surface area contributed by atoms with Crippen molar-refractivity contribution in [2.24, 2.45) is 11.8 Å². The SMILES string of the molecule is COC(=O)C1CN(c2nccn(C(C)(C)C)c2=O)CC1C. The van der Waals surface area contributed by atoms with Gasteiger partial charge in [0, 0.05) is 31.0 Å². The molecule has 1 aliphatic rings. The lowest BCUT2D eigenvalue weighted by Gasteiger charge is -2.24. The second-order valence-corrected chi connectivity index (χ2v) is 6.61. The number of hydrogen-bond donors (Lipinski definition) is 0. The van der Waals surface area contributed by atoms with E-state index in [1.807, 2.05) is 32.6 Å². The molecule has 116 valence electrons. The minimum Gasteiger partial charge on any atom is -0.469 e. The Balaban J connectivity index is 2.33. The van der Waals surface area contributed by atoms with Crippen molar-refractivity contribution in [2.45, 2.75) is 33.2 Å². The molecule has 1 aromatic heterocycles. The van der Waals surface area contributed by atoms with Crippen LogP contribution < -0.4 is 10.5 Å². The molecule has 0 amide bonds. The van der Waals surface area contributed by atoms with Crippen molar-refractivity contribution in [3.63, 3.8) is 0 Å². The van der Waals surface area contributed by atoms with Gasteiger partial charge in [-0.15, -0.1) is 0 Å². The van der Waals surface area contributed by atoms with Gasteiger partial charge in [0.1, 0.15) is 0 Å². The molecule has 0 radical (unpaired) electrons. The molecule has 0 bridgehead atoms. The van der Waals surface area contributed by atoms with Gasteiger partial charge in [-0.05, 0) is 26.7 Å². The van der Waals surface area contributed by atoms with E-state index in [1.165, 1.54) is 7.11 Å². The van der Waals surface area contributed by atoms with Gasteiger partial charge in [-0.3, -0.25) is 9.59 Å². The smallest absolute Gasteiger partial charge is 0.310 e. The van der Waals surface area contributed by atoms with Crippen LogP contribution in [0.3, 0.4) is 0 Å². The van der Waals surface area contributed by atoms with Crippen molar-refractivity contribution in [3.8, 4) is 0 Å². The lowest BCUT2D eigenvalue weighted by Crippen LogP contribution is -2.38. The van der Waals surface area contributed by atoms with E-state index in [-0.39, 0.29) is 28.9 Å². The molecular formula is C15H23N3O3. The summed E-state index contributed by atoms with van der Waals surface area (Å²) in [5.41, 5.74) is -0.426. The fraction of sp³-hybridized carbons (Fsp3) is 0.667. The Hall–Kier alpha value is -1.85. The van der Waals surface area contributed by atoms with E-state index < -0.39 is 0 Å². The van der Waals surface area contributed by atoms with Crippen LogP contribution in [0.1, 0.15) is 27.7 Å². The number of carbonyl (C=O) groups is 1. The van der Waals surface area contributed by atoms with Crippen LogP contribution in [0.25, 0.3) is 0 Å². The van der Waals surface area contributed by atoms with Crippen LogP contribution in [-0.4, -0.2) is 35.7 Å². The van der Waals surface area contributed by atoms with Crippen molar-refractivity contribution >= 4 is 11.8 Å². The molecule has 0 N–H and O–H groups in total. The summed E-state index contributed by atoms with van der Waals surface area (Å²) in [6.45, 7) is 9.03. The molecule has 2 atom stereocenters. The highest BCUT2D eigenvalue weighted by Gasteiger charge is 2.37. The Morgan fingerprint density at radius 2 is 2.05 bits per heavy atom. The maximum atomic E-state index is 12.6. The number of ether oxygens (including phenoxy) is 1. The van der Waals surface area contributed by atoms with Crippen LogP contribution in [0.5, 0.6) is 0 Å². The van der Waals surface area contributed by atoms with Gasteiger partial charge in [0.05, 0.1) is 13.0 Å².